The Labute approximate surface area is 208 Å². The molecule has 0 radical (unpaired) electrons. The van der Waals surface area contributed by atoms with Crippen LogP contribution in [0.1, 0.15) is 64.8 Å². The van der Waals surface area contributed by atoms with E-state index in [1.165, 1.54) is 0 Å². The van der Waals surface area contributed by atoms with Crippen molar-refractivity contribution in [1.29, 1.82) is 0 Å². The van der Waals surface area contributed by atoms with Gasteiger partial charge in [0.25, 0.3) is 0 Å². The van der Waals surface area contributed by atoms with E-state index in [-0.39, 0.29) is 6.04 Å². The Bertz CT molecular complexity index is 1590. The summed E-state index contributed by atoms with van der Waals surface area (Å²) in [6.07, 6.45) is 7.95. The Morgan fingerprint density at radius 2 is 1.94 bits per heavy atom. The number of carboxylic acids is 1. The predicted molar refractivity (Wildman–Crippen MR) is 137 cm³/mol. The fourth-order valence-electron chi connectivity index (χ4n) is 5.11. The second-order valence-corrected chi connectivity index (χ2v) is 9.56. The molecule has 180 valence electrons. The lowest BCUT2D eigenvalue weighted by Gasteiger charge is -2.14. The van der Waals surface area contributed by atoms with Crippen molar-refractivity contribution in [1.82, 2.24) is 19.7 Å². The predicted octanol–water partition coefficient (Wildman–Crippen LogP) is 6.56. The zero-order chi connectivity index (χ0) is 25.0. The summed E-state index contributed by atoms with van der Waals surface area (Å²) in [5.74, 6) is 0.225. The SMILES string of the molecule is Cc1noc(C)c1-c1cnc2c(c1)c(-c1ccc(C(=O)O)cc1C1CC1)cn2[C@@H](C)c1ccccn1. The van der Waals surface area contributed by atoms with Gasteiger partial charge in [0, 0.05) is 40.7 Å². The average molecular weight is 479 g/mol. The van der Waals surface area contributed by atoms with Crippen LogP contribution in [0.25, 0.3) is 33.3 Å². The molecule has 0 unspecified atom stereocenters. The number of hydrogen-bond acceptors (Lipinski definition) is 5. The summed E-state index contributed by atoms with van der Waals surface area (Å²) in [4.78, 5) is 21.2. The summed E-state index contributed by atoms with van der Waals surface area (Å²) in [5, 5.41) is 14.7. The molecular formula is C29H26N4O3. The van der Waals surface area contributed by atoms with Crippen LogP contribution in [0.15, 0.2) is 65.6 Å². The molecule has 0 amide bonds. The first-order valence-corrected chi connectivity index (χ1v) is 12.1. The molecule has 1 fully saturated rings. The molecule has 7 nitrogen and oxygen atoms in total. The quantitative estimate of drug-likeness (QED) is 0.297. The Morgan fingerprint density at radius 1 is 1.11 bits per heavy atom. The maximum absolute atomic E-state index is 11.7. The van der Waals surface area contributed by atoms with E-state index in [1.54, 1.807) is 12.3 Å². The molecule has 1 aromatic carbocycles. The van der Waals surface area contributed by atoms with E-state index < -0.39 is 5.97 Å². The van der Waals surface area contributed by atoms with E-state index in [1.807, 2.05) is 50.4 Å². The molecule has 1 aliphatic rings. The molecule has 0 saturated heterocycles. The van der Waals surface area contributed by atoms with Gasteiger partial charge in [-0.05, 0) is 81.0 Å². The van der Waals surface area contributed by atoms with Gasteiger partial charge in [-0.25, -0.2) is 9.78 Å². The highest BCUT2D eigenvalue weighted by molar-refractivity contribution is 5.98. The molecule has 0 bridgehead atoms. The normalized spacial score (nSPS) is 14.3. The van der Waals surface area contributed by atoms with Crippen LogP contribution in [-0.2, 0) is 0 Å². The molecule has 6 rings (SSSR count). The largest absolute Gasteiger partial charge is 0.478 e. The summed E-state index contributed by atoms with van der Waals surface area (Å²) in [6.45, 7) is 5.95. The molecule has 5 aromatic rings. The molecule has 4 aromatic heterocycles. The van der Waals surface area contributed by atoms with Crippen molar-refractivity contribution in [3.05, 3.63) is 89.3 Å². The Kier molecular flexibility index (Phi) is 5.21. The topological polar surface area (TPSA) is 94.0 Å². The van der Waals surface area contributed by atoms with Crippen LogP contribution >= 0.6 is 0 Å². The standard InChI is InChI=1S/C29H26N4O3/c1-16-27(18(3)36-32-16)21-13-24-25(22-10-9-20(29(34)35)12-23(22)19-7-8-19)15-33(28(24)31-14-21)17(2)26-6-4-5-11-30-26/h4-6,9-15,17,19H,7-8H2,1-3H3,(H,34,35)/t17-/m0/s1. The first-order valence-electron chi connectivity index (χ1n) is 12.1. The van der Waals surface area contributed by atoms with Crippen LogP contribution in [0.5, 0.6) is 0 Å². The number of rotatable bonds is 6. The number of aryl methyl sites for hydroxylation is 2. The number of carbonyl (C=O) groups is 1. The van der Waals surface area contributed by atoms with Crippen LogP contribution in [0, 0.1) is 13.8 Å². The smallest absolute Gasteiger partial charge is 0.335 e. The zero-order valence-corrected chi connectivity index (χ0v) is 20.4. The molecule has 0 spiro atoms. The molecule has 1 aliphatic carbocycles. The lowest BCUT2D eigenvalue weighted by atomic mass is 9.94. The number of aromatic nitrogens is 4. The number of aromatic carboxylic acids is 1. The van der Waals surface area contributed by atoms with Crippen molar-refractivity contribution >= 4 is 17.0 Å². The number of carboxylic acid groups (broad SMARTS) is 1. The van der Waals surface area contributed by atoms with Gasteiger partial charge in [0.15, 0.2) is 0 Å². The maximum atomic E-state index is 11.7. The molecular weight excluding hydrogens is 452 g/mol. The first kappa shape index (κ1) is 22.2. The minimum absolute atomic E-state index is 0.0393. The number of fused-ring (bicyclic) bond motifs is 1. The third-order valence-corrected chi connectivity index (χ3v) is 7.13. The van der Waals surface area contributed by atoms with Gasteiger partial charge in [-0.3, -0.25) is 4.98 Å². The van der Waals surface area contributed by atoms with Gasteiger partial charge in [-0.2, -0.15) is 0 Å². The van der Waals surface area contributed by atoms with E-state index in [0.29, 0.717) is 11.5 Å². The minimum atomic E-state index is -0.906. The monoisotopic (exact) mass is 478 g/mol. The first-order chi connectivity index (χ1) is 17.4. The molecule has 7 heteroatoms. The van der Waals surface area contributed by atoms with Crippen LogP contribution in [0.2, 0.25) is 0 Å². The van der Waals surface area contributed by atoms with Crippen molar-refractivity contribution in [3.63, 3.8) is 0 Å². The second-order valence-electron chi connectivity index (χ2n) is 9.56. The summed E-state index contributed by atoms with van der Waals surface area (Å²) in [6, 6.07) is 13.5. The summed E-state index contributed by atoms with van der Waals surface area (Å²) in [7, 11) is 0. The van der Waals surface area contributed by atoms with Crippen LogP contribution in [0.4, 0.5) is 0 Å². The Hall–Kier alpha value is -4.26. The third kappa shape index (κ3) is 3.68. The van der Waals surface area contributed by atoms with E-state index in [9.17, 15) is 9.90 Å². The van der Waals surface area contributed by atoms with Gasteiger partial charge >= 0.3 is 5.97 Å². The highest BCUT2D eigenvalue weighted by atomic mass is 16.5. The number of pyridine rings is 2. The van der Waals surface area contributed by atoms with Crippen molar-refractivity contribution < 1.29 is 14.4 Å². The molecule has 36 heavy (non-hydrogen) atoms. The molecule has 1 atom stereocenters. The summed E-state index contributed by atoms with van der Waals surface area (Å²) >= 11 is 0. The van der Waals surface area contributed by atoms with E-state index in [4.69, 9.17) is 9.51 Å². The van der Waals surface area contributed by atoms with Gasteiger partial charge < -0.3 is 14.2 Å². The number of benzene rings is 1. The lowest BCUT2D eigenvalue weighted by molar-refractivity contribution is 0.0697. The Balaban J connectivity index is 1.61. The fraction of sp³-hybridized carbons (Fsp3) is 0.241. The van der Waals surface area contributed by atoms with Gasteiger partial charge in [-0.15, -0.1) is 0 Å². The van der Waals surface area contributed by atoms with Gasteiger partial charge in [0.1, 0.15) is 11.4 Å². The molecule has 1 saturated carbocycles. The second kappa shape index (κ2) is 8.45. The van der Waals surface area contributed by atoms with Crippen LogP contribution in [-0.4, -0.2) is 30.8 Å². The maximum Gasteiger partial charge on any atom is 0.335 e. The summed E-state index contributed by atoms with van der Waals surface area (Å²) in [5.41, 5.74) is 8.00. The zero-order valence-electron chi connectivity index (χ0n) is 20.4. The van der Waals surface area contributed by atoms with Crippen molar-refractivity contribution in [2.24, 2.45) is 0 Å². The average Bonchev–Trinajstić information content (AvgIpc) is 3.60. The Morgan fingerprint density at radius 3 is 2.61 bits per heavy atom. The van der Waals surface area contributed by atoms with Gasteiger partial charge in [0.2, 0.25) is 0 Å². The van der Waals surface area contributed by atoms with Crippen molar-refractivity contribution in [2.75, 3.05) is 0 Å². The molecule has 0 aliphatic heterocycles. The molecule has 1 N–H and O–H groups in total. The number of hydrogen-bond donors (Lipinski definition) is 1. The van der Waals surface area contributed by atoms with Crippen LogP contribution in [0.3, 0.4) is 0 Å². The lowest BCUT2D eigenvalue weighted by Crippen LogP contribution is -2.07. The van der Waals surface area contributed by atoms with E-state index in [2.05, 4.69) is 33.9 Å². The fourth-order valence-corrected chi connectivity index (χ4v) is 5.11. The van der Waals surface area contributed by atoms with Crippen LogP contribution < -0.4 is 0 Å². The molecule has 4 heterocycles. The van der Waals surface area contributed by atoms with Gasteiger partial charge in [0.05, 0.1) is 23.0 Å². The number of nitrogens with zero attached hydrogens (tertiary/aromatic N) is 4. The van der Waals surface area contributed by atoms with E-state index >= 15 is 0 Å². The summed E-state index contributed by atoms with van der Waals surface area (Å²) < 4.78 is 7.58. The van der Waals surface area contributed by atoms with Crippen molar-refractivity contribution in [3.8, 4) is 22.3 Å². The van der Waals surface area contributed by atoms with E-state index in [0.717, 1.165) is 68.8 Å². The van der Waals surface area contributed by atoms with Gasteiger partial charge in [-0.1, -0.05) is 17.3 Å². The minimum Gasteiger partial charge on any atom is -0.478 e. The van der Waals surface area contributed by atoms with Crippen molar-refractivity contribution in [2.45, 2.75) is 45.6 Å². The highest BCUT2D eigenvalue weighted by Gasteiger charge is 2.29. The third-order valence-electron chi connectivity index (χ3n) is 7.13. The highest BCUT2D eigenvalue weighted by Crippen LogP contribution is 2.47.